The Hall–Kier alpha value is -4.09. The number of aromatic nitrogens is 1. The van der Waals surface area contributed by atoms with Gasteiger partial charge >= 0.3 is 5.97 Å². The number of piperidine rings is 2. The summed E-state index contributed by atoms with van der Waals surface area (Å²) in [5.41, 5.74) is 2.38. The summed E-state index contributed by atoms with van der Waals surface area (Å²) >= 11 is 0. The van der Waals surface area contributed by atoms with Crippen molar-refractivity contribution in [2.24, 2.45) is 0 Å². The van der Waals surface area contributed by atoms with Crippen LogP contribution in [-0.4, -0.2) is 65.2 Å². The third kappa shape index (κ3) is 5.58. The van der Waals surface area contributed by atoms with Gasteiger partial charge in [-0.2, -0.15) is 0 Å². The van der Waals surface area contributed by atoms with Crippen LogP contribution < -0.4 is 15.5 Å². The molecule has 2 saturated heterocycles. The number of amides is 3. The summed E-state index contributed by atoms with van der Waals surface area (Å²) in [4.78, 5) is 56.0. The minimum atomic E-state index is -2.72. The van der Waals surface area contributed by atoms with Gasteiger partial charge in [0.15, 0.2) is 0 Å². The summed E-state index contributed by atoms with van der Waals surface area (Å²) in [5.74, 6) is -3.90. The maximum atomic E-state index is 13.7. The van der Waals surface area contributed by atoms with Crippen LogP contribution in [0.25, 0.3) is 0 Å². The third-order valence-electron chi connectivity index (χ3n) is 6.89. The Labute approximate surface area is 217 Å². The van der Waals surface area contributed by atoms with E-state index in [0.717, 1.165) is 5.56 Å². The summed E-state index contributed by atoms with van der Waals surface area (Å²) in [7, 11) is 0. The number of carbonyl (C=O) groups is 4. The maximum absolute atomic E-state index is 13.7. The number of pyridine rings is 1. The Morgan fingerprint density at radius 3 is 2.79 bits per heavy atom. The van der Waals surface area contributed by atoms with Gasteiger partial charge in [0.25, 0.3) is 11.8 Å². The fourth-order valence-electron chi connectivity index (χ4n) is 4.92. The lowest BCUT2D eigenvalue weighted by atomic mass is 10.0. The van der Waals surface area contributed by atoms with Gasteiger partial charge in [0.2, 0.25) is 11.8 Å². The molecule has 0 aliphatic carbocycles. The highest BCUT2D eigenvalue weighted by molar-refractivity contribution is 6.05. The lowest BCUT2D eigenvalue weighted by molar-refractivity contribution is -0.143. The average Bonchev–Trinajstić information content (AvgIpc) is 3.21. The Kier molecular flexibility index (Phi) is 6.96. The van der Waals surface area contributed by atoms with Crippen LogP contribution in [0.1, 0.15) is 47.2 Å². The van der Waals surface area contributed by atoms with Gasteiger partial charge in [0.1, 0.15) is 25.0 Å². The number of carbonyl (C=O) groups excluding carboxylic acids is 4. The topological polar surface area (TPSA) is 121 Å². The van der Waals surface area contributed by atoms with Crippen molar-refractivity contribution in [3.8, 4) is 0 Å². The highest BCUT2D eigenvalue weighted by Crippen LogP contribution is 2.30. The molecule has 38 heavy (non-hydrogen) atoms. The van der Waals surface area contributed by atoms with Crippen LogP contribution in [0, 0.1) is 0 Å². The van der Waals surface area contributed by atoms with Crippen molar-refractivity contribution in [2.75, 3.05) is 29.9 Å². The van der Waals surface area contributed by atoms with E-state index in [1.165, 1.54) is 11.1 Å². The number of ether oxygens (including phenoxy) is 1. The van der Waals surface area contributed by atoms with E-state index in [1.54, 1.807) is 35.2 Å². The fourth-order valence-corrected chi connectivity index (χ4v) is 4.92. The second-order valence-electron chi connectivity index (χ2n) is 9.69. The number of nitrogens with one attached hydrogen (secondary N) is 2. The molecule has 12 heteroatoms. The van der Waals surface area contributed by atoms with Gasteiger partial charge in [-0.3, -0.25) is 24.5 Å². The summed E-state index contributed by atoms with van der Waals surface area (Å²) in [6.07, 6.45) is 2.23. The number of hydrogen-bond acceptors (Lipinski definition) is 8. The number of imide groups is 1. The zero-order valence-corrected chi connectivity index (χ0v) is 20.5. The molecule has 2 fully saturated rings. The molecule has 1 aromatic carbocycles. The van der Waals surface area contributed by atoms with Crippen LogP contribution in [0.2, 0.25) is 0 Å². The Bertz CT molecular complexity index is 1270. The smallest absolute Gasteiger partial charge is 0.325 e. The van der Waals surface area contributed by atoms with E-state index in [2.05, 4.69) is 15.6 Å². The van der Waals surface area contributed by atoms with E-state index < -0.39 is 23.8 Å². The first-order valence-corrected chi connectivity index (χ1v) is 12.4. The monoisotopic (exact) mass is 527 g/mol. The van der Waals surface area contributed by atoms with Crippen molar-refractivity contribution in [2.45, 2.75) is 50.8 Å². The number of esters is 1. The molecule has 1 unspecified atom stereocenters. The molecular formula is C26H27F2N5O5. The second kappa shape index (κ2) is 10.3. The van der Waals surface area contributed by atoms with Crippen LogP contribution in [0.5, 0.6) is 0 Å². The molecule has 2 aromatic rings. The predicted octanol–water partition coefficient (Wildman–Crippen LogP) is 2.23. The summed E-state index contributed by atoms with van der Waals surface area (Å²) in [6.45, 7) is 0.264. The molecule has 0 spiro atoms. The highest BCUT2D eigenvalue weighted by atomic mass is 19.3. The van der Waals surface area contributed by atoms with Gasteiger partial charge in [-0.1, -0.05) is 12.1 Å². The van der Waals surface area contributed by atoms with E-state index in [0.29, 0.717) is 35.6 Å². The molecule has 1 atom stereocenters. The van der Waals surface area contributed by atoms with Crippen molar-refractivity contribution in [1.29, 1.82) is 0 Å². The quantitative estimate of drug-likeness (QED) is 0.416. The van der Waals surface area contributed by atoms with Crippen LogP contribution in [0.4, 0.5) is 20.3 Å². The van der Waals surface area contributed by atoms with Gasteiger partial charge < -0.3 is 19.9 Å². The van der Waals surface area contributed by atoms with Crippen molar-refractivity contribution in [3.63, 3.8) is 0 Å². The first kappa shape index (κ1) is 25.6. The first-order valence-electron chi connectivity index (χ1n) is 12.4. The molecule has 0 radical (unpaired) electrons. The van der Waals surface area contributed by atoms with Gasteiger partial charge in [-0.15, -0.1) is 0 Å². The Morgan fingerprint density at radius 2 is 2.05 bits per heavy atom. The van der Waals surface area contributed by atoms with Crippen LogP contribution in [0.3, 0.4) is 0 Å². The van der Waals surface area contributed by atoms with Crippen LogP contribution in [0.15, 0.2) is 36.5 Å². The number of fused-ring (bicyclic) bond motifs is 1. The molecule has 0 bridgehead atoms. The summed E-state index contributed by atoms with van der Waals surface area (Å²) in [5, 5.41) is 5.17. The molecular weight excluding hydrogens is 500 g/mol. The molecule has 10 nitrogen and oxygen atoms in total. The SMILES string of the molecule is O=C1CCC(N2Cc3ccc(COC(=O)CNc4ccc(N5CCCC(F)(F)C5)nc4)cc3C2=O)C(=O)N1. The molecule has 2 N–H and O–H groups in total. The van der Waals surface area contributed by atoms with Crippen LogP contribution in [-0.2, 0) is 32.3 Å². The molecule has 0 saturated carbocycles. The molecule has 3 aliphatic rings. The number of nitrogens with zero attached hydrogens (tertiary/aromatic N) is 3. The van der Waals surface area contributed by atoms with Gasteiger partial charge in [0, 0.05) is 31.5 Å². The van der Waals surface area contributed by atoms with E-state index in [-0.39, 0.29) is 57.3 Å². The highest BCUT2D eigenvalue weighted by Gasteiger charge is 2.39. The van der Waals surface area contributed by atoms with Crippen molar-refractivity contribution in [3.05, 3.63) is 53.2 Å². The molecule has 5 rings (SSSR count). The van der Waals surface area contributed by atoms with Crippen molar-refractivity contribution < 1.29 is 32.7 Å². The molecule has 3 amide bonds. The van der Waals surface area contributed by atoms with Gasteiger partial charge in [-0.25, -0.2) is 13.8 Å². The Balaban J connectivity index is 1.11. The lowest BCUT2D eigenvalue weighted by Crippen LogP contribution is -2.52. The maximum Gasteiger partial charge on any atom is 0.325 e. The molecule has 200 valence electrons. The van der Waals surface area contributed by atoms with E-state index >= 15 is 0 Å². The standard InChI is InChI=1S/C26H27F2N5O5/c27-26(28)8-1-9-32(15-26)21-6-4-18(11-30-21)29-12-23(35)38-14-16-2-3-17-13-33(25(37)19(17)10-16)20-5-7-22(34)31-24(20)36/h2-4,6,10-11,20,29H,1,5,7-9,12-15H2,(H,31,34,36). The first-order chi connectivity index (χ1) is 18.2. The van der Waals surface area contributed by atoms with Crippen molar-refractivity contribution >= 4 is 35.2 Å². The molecule has 1 aromatic heterocycles. The minimum Gasteiger partial charge on any atom is -0.460 e. The summed E-state index contributed by atoms with van der Waals surface area (Å²) < 4.78 is 32.6. The van der Waals surface area contributed by atoms with Crippen LogP contribution >= 0.6 is 0 Å². The largest absolute Gasteiger partial charge is 0.460 e. The normalized spacial score (nSPS) is 20.7. The minimum absolute atomic E-state index is 0.0418. The van der Waals surface area contributed by atoms with E-state index in [1.807, 2.05) is 0 Å². The zero-order chi connectivity index (χ0) is 26.9. The lowest BCUT2D eigenvalue weighted by Gasteiger charge is -2.33. The second-order valence-corrected chi connectivity index (χ2v) is 9.69. The summed E-state index contributed by atoms with van der Waals surface area (Å²) in [6, 6.07) is 7.79. The predicted molar refractivity (Wildman–Crippen MR) is 131 cm³/mol. The fraction of sp³-hybridized carbons (Fsp3) is 0.423. The van der Waals surface area contributed by atoms with Crippen molar-refractivity contribution in [1.82, 2.24) is 15.2 Å². The average molecular weight is 528 g/mol. The number of rotatable bonds is 7. The number of anilines is 2. The van der Waals surface area contributed by atoms with Gasteiger partial charge in [-0.05, 0) is 42.2 Å². The van der Waals surface area contributed by atoms with E-state index in [4.69, 9.17) is 4.74 Å². The Morgan fingerprint density at radius 1 is 1.21 bits per heavy atom. The third-order valence-corrected chi connectivity index (χ3v) is 6.89. The zero-order valence-electron chi connectivity index (χ0n) is 20.5. The molecule has 3 aliphatic heterocycles. The van der Waals surface area contributed by atoms with Gasteiger partial charge in [0.05, 0.1) is 18.4 Å². The molecule has 4 heterocycles. The number of hydrogen-bond donors (Lipinski definition) is 2. The number of halogens is 2. The number of alkyl halides is 2. The number of benzene rings is 1. The van der Waals surface area contributed by atoms with E-state index in [9.17, 15) is 28.0 Å².